The van der Waals surface area contributed by atoms with Gasteiger partial charge in [-0.2, -0.15) is 0 Å². The van der Waals surface area contributed by atoms with Crippen molar-refractivity contribution < 1.29 is 4.79 Å². The summed E-state index contributed by atoms with van der Waals surface area (Å²) < 4.78 is 0. The predicted octanol–water partition coefficient (Wildman–Crippen LogP) is 2.74. The lowest BCUT2D eigenvalue weighted by Crippen LogP contribution is -2.28. The molecule has 1 heterocycles. The third kappa shape index (κ3) is 4.97. The van der Waals surface area contributed by atoms with E-state index in [0.717, 1.165) is 38.4 Å². The Kier molecular flexibility index (Phi) is 7.87. The molecule has 2 atom stereocenters. The van der Waals surface area contributed by atoms with Gasteiger partial charge in [0.15, 0.2) is 0 Å². The molecule has 0 radical (unpaired) electrons. The first-order chi connectivity index (χ1) is 10.1. The Morgan fingerprint density at radius 3 is 2.64 bits per heavy atom. The van der Waals surface area contributed by atoms with Gasteiger partial charge in [-0.05, 0) is 43.2 Å². The molecule has 4 nitrogen and oxygen atoms in total. The van der Waals surface area contributed by atoms with Gasteiger partial charge in [0, 0.05) is 18.8 Å². The molecule has 1 aromatic rings. The molecule has 22 heavy (non-hydrogen) atoms. The lowest BCUT2D eigenvalue weighted by Gasteiger charge is -2.19. The number of anilines is 1. The largest absolute Gasteiger partial charge is 0.326 e. The quantitative estimate of drug-likeness (QED) is 0.845. The zero-order valence-corrected chi connectivity index (χ0v) is 14.6. The van der Waals surface area contributed by atoms with E-state index in [1.54, 1.807) is 0 Å². The van der Waals surface area contributed by atoms with E-state index in [1.165, 1.54) is 5.56 Å². The Bertz CT molecular complexity index is 477. The Hall–Kier alpha value is -1.10. The minimum absolute atomic E-state index is 0. The molecule has 1 fully saturated rings. The van der Waals surface area contributed by atoms with E-state index in [-0.39, 0.29) is 24.2 Å². The number of nitrogens with zero attached hydrogens (tertiary/aromatic N) is 1. The van der Waals surface area contributed by atoms with Gasteiger partial charge in [0.25, 0.3) is 0 Å². The molecule has 2 N–H and O–H groups in total. The van der Waals surface area contributed by atoms with Crippen molar-refractivity contribution in [3.05, 3.63) is 29.8 Å². The zero-order chi connectivity index (χ0) is 15.2. The molecule has 124 valence electrons. The molecule has 0 saturated carbocycles. The number of hydrogen-bond acceptors (Lipinski definition) is 3. The molecule has 1 aromatic carbocycles. The Morgan fingerprint density at radius 2 is 2.05 bits per heavy atom. The third-order valence-corrected chi connectivity index (χ3v) is 4.35. The van der Waals surface area contributed by atoms with Crippen molar-refractivity contribution in [2.75, 3.05) is 31.5 Å². The Morgan fingerprint density at radius 1 is 1.32 bits per heavy atom. The van der Waals surface area contributed by atoms with Crippen LogP contribution in [0.4, 0.5) is 5.69 Å². The van der Waals surface area contributed by atoms with Gasteiger partial charge in [-0.25, -0.2) is 0 Å². The number of carbonyl (C=O) groups excluding carboxylic acids is 1. The summed E-state index contributed by atoms with van der Waals surface area (Å²) in [5.74, 6) is 0.618. The van der Waals surface area contributed by atoms with Crippen LogP contribution in [0.5, 0.6) is 0 Å². The fraction of sp³-hybridized carbons (Fsp3) is 0.588. The van der Waals surface area contributed by atoms with Gasteiger partial charge < -0.3 is 10.6 Å². The molecule has 1 amide bonds. The average molecular weight is 326 g/mol. The molecule has 1 saturated heterocycles. The molecule has 0 unspecified atom stereocenters. The maximum absolute atomic E-state index is 12.3. The highest BCUT2D eigenvalue weighted by atomic mass is 35.5. The number of hydrogen-bond donors (Lipinski definition) is 2. The smallest absolute Gasteiger partial charge is 0.229 e. The second-order valence-corrected chi connectivity index (χ2v) is 5.89. The van der Waals surface area contributed by atoms with Crippen LogP contribution >= 0.6 is 12.4 Å². The summed E-state index contributed by atoms with van der Waals surface area (Å²) in [5, 5.41) is 6.34. The molecule has 1 aliphatic heterocycles. The number of halogens is 1. The maximum Gasteiger partial charge on any atom is 0.229 e. The van der Waals surface area contributed by atoms with Crippen molar-refractivity contribution in [3.8, 4) is 0 Å². The summed E-state index contributed by atoms with van der Waals surface area (Å²) in [6.45, 7) is 11.2. The molecular formula is C17H28ClN3O. The SMILES string of the molecule is CCN(CC)Cc1cccc(NC(=O)[C@@H]2CNC[C@H]2C)c1.Cl. The highest BCUT2D eigenvalue weighted by molar-refractivity contribution is 5.93. The molecule has 0 aliphatic carbocycles. The third-order valence-electron chi connectivity index (χ3n) is 4.35. The van der Waals surface area contributed by atoms with E-state index in [1.807, 2.05) is 12.1 Å². The summed E-state index contributed by atoms with van der Waals surface area (Å²) in [5.41, 5.74) is 2.15. The summed E-state index contributed by atoms with van der Waals surface area (Å²) >= 11 is 0. The van der Waals surface area contributed by atoms with Gasteiger partial charge in [-0.3, -0.25) is 9.69 Å². The molecule has 0 bridgehead atoms. The predicted molar refractivity (Wildman–Crippen MR) is 94.5 cm³/mol. The van der Waals surface area contributed by atoms with E-state index >= 15 is 0 Å². The maximum atomic E-state index is 12.3. The lowest BCUT2D eigenvalue weighted by molar-refractivity contribution is -0.120. The highest BCUT2D eigenvalue weighted by Crippen LogP contribution is 2.19. The second kappa shape index (κ2) is 9.13. The van der Waals surface area contributed by atoms with E-state index in [0.29, 0.717) is 5.92 Å². The number of rotatable bonds is 6. The highest BCUT2D eigenvalue weighted by Gasteiger charge is 2.29. The first kappa shape index (κ1) is 18.9. The van der Waals surface area contributed by atoms with Crippen molar-refractivity contribution in [1.82, 2.24) is 10.2 Å². The van der Waals surface area contributed by atoms with Crippen molar-refractivity contribution in [2.24, 2.45) is 11.8 Å². The van der Waals surface area contributed by atoms with Crippen LogP contribution in [0.2, 0.25) is 0 Å². The van der Waals surface area contributed by atoms with Crippen LogP contribution < -0.4 is 10.6 Å². The second-order valence-electron chi connectivity index (χ2n) is 5.89. The fourth-order valence-electron chi connectivity index (χ4n) is 2.85. The molecule has 5 heteroatoms. The standard InChI is InChI=1S/C17H27N3O.ClH/c1-4-20(5-2)12-14-7-6-8-15(9-14)19-17(21)16-11-18-10-13(16)3;/h6-9,13,16,18H,4-5,10-12H2,1-3H3,(H,19,21);1H/t13-,16-;/m1./s1. The van der Waals surface area contributed by atoms with Crippen LogP contribution in [0.15, 0.2) is 24.3 Å². The normalized spacial score (nSPS) is 20.7. The minimum Gasteiger partial charge on any atom is -0.326 e. The van der Waals surface area contributed by atoms with Crippen LogP contribution in [0.25, 0.3) is 0 Å². The van der Waals surface area contributed by atoms with Gasteiger partial charge >= 0.3 is 0 Å². The van der Waals surface area contributed by atoms with E-state index in [9.17, 15) is 4.79 Å². The Balaban J connectivity index is 0.00000242. The molecular weight excluding hydrogens is 298 g/mol. The van der Waals surface area contributed by atoms with E-state index in [4.69, 9.17) is 0 Å². The Labute approximate surface area is 140 Å². The molecule has 1 aliphatic rings. The monoisotopic (exact) mass is 325 g/mol. The summed E-state index contributed by atoms with van der Waals surface area (Å²) in [6, 6.07) is 8.19. The number of amides is 1. The van der Waals surface area contributed by atoms with Crippen LogP contribution in [0, 0.1) is 11.8 Å². The number of nitrogens with one attached hydrogen (secondary N) is 2. The van der Waals surface area contributed by atoms with E-state index in [2.05, 4.69) is 48.4 Å². The average Bonchev–Trinajstić information content (AvgIpc) is 2.91. The summed E-state index contributed by atoms with van der Waals surface area (Å²) in [7, 11) is 0. The van der Waals surface area contributed by atoms with Gasteiger partial charge in [0.1, 0.15) is 0 Å². The lowest BCUT2D eigenvalue weighted by atomic mass is 9.97. The zero-order valence-electron chi connectivity index (χ0n) is 13.8. The van der Waals surface area contributed by atoms with Crippen LogP contribution in [0.3, 0.4) is 0 Å². The fourth-order valence-corrected chi connectivity index (χ4v) is 2.85. The van der Waals surface area contributed by atoms with Crippen LogP contribution in [0.1, 0.15) is 26.3 Å². The molecule has 0 spiro atoms. The van der Waals surface area contributed by atoms with Crippen molar-refractivity contribution in [3.63, 3.8) is 0 Å². The van der Waals surface area contributed by atoms with Gasteiger partial charge in [0.05, 0.1) is 5.92 Å². The van der Waals surface area contributed by atoms with Crippen molar-refractivity contribution in [2.45, 2.75) is 27.3 Å². The van der Waals surface area contributed by atoms with Gasteiger partial charge in [-0.15, -0.1) is 12.4 Å². The van der Waals surface area contributed by atoms with Gasteiger partial charge in [-0.1, -0.05) is 32.9 Å². The first-order valence-electron chi connectivity index (χ1n) is 7.96. The van der Waals surface area contributed by atoms with Gasteiger partial charge in [0.2, 0.25) is 5.91 Å². The molecule has 2 rings (SSSR count). The number of benzene rings is 1. The summed E-state index contributed by atoms with van der Waals surface area (Å²) in [4.78, 5) is 14.7. The van der Waals surface area contributed by atoms with E-state index < -0.39 is 0 Å². The first-order valence-corrected chi connectivity index (χ1v) is 7.96. The van der Waals surface area contributed by atoms with Crippen molar-refractivity contribution in [1.29, 1.82) is 0 Å². The summed E-state index contributed by atoms with van der Waals surface area (Å²) in [6.07, 6.45) is 0. The number of carbonyl (C=O) groups is 1. The van der Waals surface area contributed by atoms with Crippen LogP contribution in [-0.4, -0.2) is 37.0 Å². The van der Waals surface area contributed by atoms with Crippen molar-refractivity contribution >= 4 is 24.0 Å². The minimum atomic E-state index is 0. The molecule has 0 aromatic heterocycles. The van der Waals surface area contributed by atoms with Crippen LogP contribution in [-0.2, 0) is 11.3 Å². The topological polar surface area (TPSA) is 44.4 Å².